The number of carbonyl (C=O) groups excluding carboxylic acids is 2. The van der Waals surface area contributed by atoms with E-state index in [1.807, 2.05) is 32.8 Å². The summed E-state index contributed by atoms with van der Waals surface area (Å²) in [7, 11) is 3.90. The van der Waals surface area contributed by atoms with Crippen molar-refractivity contribution in [1.29, 1.82) is 0 Å². The molecule has 2 N–H and O–H groups in total. The number of carbonyl (C=O) groups is 2. The van der Waals surface area contributed by atoms with Crippen molar-refractivity contribution in [3.63, 3.8) is 0 Å². The highest BCUT2D eigenvalue weighted by molar-refractivity contribution is 5.79. The molecule has 0 aromatic carbocycles. The van der Waals surface area contributed by atoms with Gasteiger partial charge in [-0.1, -0.05) is 13.8 Å². The molecule has 1 atom stereocenters. The third kappa shape index (κ3) is 5.97. The van der Waals surface area contributed by atoms with Gasteiger partial charge in [0.2, 0.25) is 0 Å². The van der Waals surface area contributed by atoms with Crippen LogP contribution in [0.5, 0.6) is 0 Å². The second kappa shape index (κ2) is 8.05. The molecule has 0 aliphatic rings. The van der Waals surface area contributed by atoms with Crippen molar-refractivity contribution in [3.8, 4) is 0 Å². The number of hydrogen-bond acceptors (Lipinski definition) is 4. The average molecular weight is 258 g/mol. The molecule has 18 heavy (non-hydrogen) atoms. The van der Waals surface area contributed by atoms with E-state index in [1.54, 1.807) is 6.92 Å². The second-order valence-electron chi connectivity index (χ2n) is 4.79. The number of nitrogens with one attached hydrogen (secondary N) is 2. The summed E-state index contributed by atoms with van der Waals surface area (Å²) >= 11 is 0. The van der Waals surface area contributed by atoms with Crippen molar-refractivity contribution < 1.29 is 9.59 Å². The molecular weight excluding hydrogens is 232 g/mol. The fourth-order valence-corrected chi connectivity index (χ4v) is 1.26. The molecule has 0 spiro atoms. The van der Waals surface area contributed by atoms with Gasteiger partial charge in [-0.15, -0.1) is 0 Å². The maximum Gasteiger partial charge on any atom is 0.332 e. The zero-order chi connectivity index (χ0) is 14.2. The third-order valence-electron chi connectivity index (χ3n) is 2.75. The summed E-state index contributed by atoms with van der Waals surface area (Å²) in [4.78, 5) is 25.0. The molecule has 6 nitrogen and oxygen atoms in total. The topological polar surface area (TPSA) is 64.7 Å². The van der Waals surface area contributed by atoms with Crippen molar-refractivity contribution in [2.75, 3.05) is 33.7 Å². The highest BCUT2D eigenvalue weighted by atomic mass is 16.2. The van der Waals surface area contributed by atoms with E-state index in [1.165, 1.54) is 5.01 Å². The SMILES string of the molecule is CCNN(CCN(C)C)C(=O)N[C@@](C)(C=O)CC. The first kappa shape index (κ1) is 16.9. The Labute approximate surface area is 110 Å². The van der Waals surface area contributed by atoms with Gasteiger partial charge in [0.05, 0.1) is 12.1 Å². The van der Waals surface area contributed by atoms with Gasteiger partial charge in [-0.2, -0.15) is 0 Å². The number of hydrazine groups is 1. The van der Waals surface area contributed by atoms with Crippen LogP contribution in [0.15, 0.2) is 0 Å². The first-order valence-corrected chi connectivity index (χ1v) is 6.32. The van der Waals surface area contributed by atoms with E-state index in [9.17, 15) is 9.59 Å². The van der Waals surface area contributed by atoms with Crippen LogP contribution in [-0.4, -0.2) is 61.5 Å². The monoisotopic (exact) mass is 258 g/mol. The molecule has 0 bridgehead atoms. The highest BCUT2D eigenvalue weighted by Crippen LogP contribution is 2.05. The molecule has 0 unspecified atom stereocenters. The van der Waals surface area contributed by atoms with E-state index < -0.39 is 5.54 Å². The van der Waals surface area contributed by atoms with E-state index in [0.717, 1.165) is 12.8 Å². The van der Waals surface area contributed by atoms with Crippen molar-refractivity contribution in [2.24, 2.45) is 0 Å². The van der Waals surface area contributed by atoms with Crippen molar-refractivity contribution >= 4 is 12.3 Å². The van der Waals surface area contributed by atoms with Crippen LogP contribution in [0.2, 0.25) is 0 Å². The molecule has 106 valence electrons. The van der Waals surface area contributed by atoms with Gasteiger partial charge in [0.15, 0.2) is 0 Å². The molecule has 6 heteroatoms. The number of amides is 2. The van der Waals surface area contributed by atoms with Crippen LogP contribution in [0.25, 0.3) is 0 Å². The molecule has 0 aromatic rings. The lowest BCUT2D eigenvalue weighted by Gasteiger charge is -2.30. The lowest BCUT2D eigenvalue weighted by atomic mass is 10.0. The summed E-state index contributed by atoms with van der Waals surface area (Å²) < 4.78 is 0. The minimum absolute atomic E-state index is 0.268. The first-order chi connectivity index (χ1) is 8.38. The van der Waals surface area contributed by atoms with Crippen molar-refractivity contribution in [3.05, 3.63) is 0 Å². The molecule has 0 fully saturated rings. The number of likely N-dealkylation sites (N-methyl/N-ethyl adjacent to an activating group) is 1. The van der Waals surface area contributed by atoms with Crippen LogP contribution in [0.1, 0.15) is 27.2 Å². The molecule has 0 radical (unpaired) electrons. The Morgan fingerprint density at radius 3 is 2.28 bits per heavy atom. The molecule has 0 heterocycles. The molecular formula is C12H26N4O2. The molecule has 0 rings (SSSR count). The number of urea groups is 1. The molecule has 2 amide bonds. The van der Waals surface area contributed by atoms with E-state index in [0.29, 0.717) is 19.5 Å². The minimum Gasteiger partial charge on any atom is -0.325 e. The van der Waals surface area contributed by atoms with Gasteiger partial charge in [0, 0.05) is 13.1 Å². The molecule has 0 aliphatic heterocycles. The van der Waals surface area contributed by atoms with Gasteiger partial charge in [-0.25, -0.2) is 10.2 Å². The maximum absolute atomic E-state index is 12.1. The van der Waals surface area contributed by atoms with E-state index in [4.69, 9.17) is 0 Å². The third-order valence-corrected chi connectivity index (χ3v) is 2.75. The Balaban J connectivity index is 4.50. The highest BCUT2D eigenvalue weighted by Gasteiger charge is 2.26. The van der Waals surface area contributed by atoms with Gasteiger partial charge >= 0.3 is 6.03 Å². The quantitative estimate of drug-likeness (QED) is 0.490. The summed E-state index contributed by atoms with van der Waals surface area (Å²) in [5.74, 6) is 0. The van der Waals surface area contributed by atoms with Gasteiger partial charge in [-0.3, -0.25) is 5.01 Å². The lowest BCUT2D eigenvalue weighted by molar-refractivity contribution is -0.112. The summed E-state index contributed by atoms with van der Waals surface area (Å²) in [6.07, 6.45) is 1.34. The zero-order valence-electron chi connectivity index (χ0n) is 12.1. The van der Waals surface area contributed by atoms with Crippen LogP contribution < -0.4 is 10.7 Å². The predicted molar refractivity (Wildman–Crippen MR) is 72.2 cm³/mol. The van der Waals surface area contributed by atoms with E-state index >= 15 is 0 Å². The summed E-state index contributed by atoms with van der Waals surface area (Å²) in [6, 6.07) is -0.268. The van der Waals surface area contributed by atoms with Gasteiger partial charge in [0.1, 0.15) is 6.29 Å². The Kier molecular flexibility index (Phi) is 7.54. The summed E-state index contributed by atoms with van der Waals surface area (Å²) in [5.41, 5.74) is 2.18. The standard InChI is InChI=1S/C12H26N4O2/c1-6-12(3,10-17)14-11(18)16(13-7-2)9-8-15(4)5/h10,13H,6-9H2,1-5H3,(H,14,18)/t12-/m1/s1. The Hall–Kier alpha value is -1.14. The average Bonchev–Trinajstić information content (AvgIpc) is 2.33. The molecule has 0 aromatic heterocycles. The normalized spacial score (nSPS) is 14.1. The van der Waals surface area contributed by atoms with Gasteiger partial charge in [-0.05, 0) is 27.4 Å². The zero-order valence-corrected chi connectivity index (χ0v) is 12.1. The van der Waals surface area contributed by atoms with E-state index in [-0.39, 0.29) is 6.03 Å². The van der Waals surface area contributed by atoms with Crippen LogP contribution in [0.4, 0.5) is 4.79 Å². The Bertz CT molecular complexity index is 271. The molecule has 0 saturated carbocycles. The van der Waals surface area contributed by atoms with Crippen LogP contribution in [-0.2, 0) is 4.79 Å². The van der Waals surface area contributed by atoms with Crippen molar-refractivity contribution in [2.45, 2.75) is 32.7 Å². The maximum atomic E-state index is 12.1. The van der Waals surface area contributed by atoms with Gasteiger partial charge < -0.3 is 15.0 Å². The summed E-state index contributed by atoms with van der Waals surface area (Å²) in [5, 5.41) is 4.25. The number of rotatable bonds is 8. The second-order valence-corrected chi connectivity index (χ2v) is 4.79. The predicted octanol–water partition coefficient (Wildman–Crippen LogP) is 0.452. The van der Waals surface area contributed by atoms with Gasteiger partial charge in [0.25, 0.3) is 0 Å². The largest absolute Gasteiger partial charge is 0.332 e. The molecule has 0 saturated heterocycles. The lowest BCUT2D eigenvalue weighted by Crippen LogP contribution is -2.57. The van der Waals surface area contributed by atoms with Crippen LogP contribution in [0, 0.1) is 0 Å². The Morgan fingerprint density at radius 1 is 1.28 bits per heavy atom. The number of aldehydes is 1. The van der Waals surface area contributed by atoms with Crippen LogP contribution >= 0.6 is 0 Å². The first-order valence-electron chi connectivity index (χ1n) is 6.32. The number of nitrogens with zero attached hydrogens (tertiary/aromatic N) is 2. The van der Waals surface area contributed by atoms with Crippen molar-refractivity contribution in [1.82, 2.24) is 20.7 Å². The van der Waals surface area contributed by atoms with Crippen LogP contribution in [0.3, 0.4) is 0 Å². The summed E-state index contributed by atoms with van der Waals surface area (Å²) in [6.45, 7) is 7.48. The Morgan fingerprint density at radius 2 is 1.89 bits per heavy atom. The number of hydrogen-bond donors (Lipinski definition) is 2. The fourth-order valence-electron chi connectivity index (χ4n) is 1.26. The fraction of sp³-hybridized carbons (Fsp3) is 0.833. The van der Waals surface area contributed by atoms with E-state index in [2.05, 4.69) is 10.7 Å². The molecule has 0 aliphatic carbocycles. The minimum atomic E-state index is -0.803. The smallest absolute Gasteiger partial charge is 0.325 e.